The monoisotopic (exact) mass is 291 g/mol. The maximum absolute atomic E-state index is 13.2. The molecule has 2 N–H and O–H groups in total. The maximum Gasteiger partial charge on any atom is 0.336 e. The third-order valence-corrected chi connectivity index (χ3v) is 3.32. The van der Waals surface area contributed by atoms with E-state index in [4.69, 9.17) is 5.11 Å². The van der Waals surface area contributed by atoms with Gasteiger partial charge in [-0.25, -0.2) is 13.6 Å². The van der Waals surface area contributed by atoms with Gasteiger partial charge in [0.25, 0.3) is 0 Å². The van der Waals surface area contributed by atoms with Crippen LogP contribution in [0.2, 0.25) is 0 Å². The zero-order valence-corrected chi connectivity index (χ0v) is 11.7. The molecule has 0 aliphatic heterocycles. The van der Waals surface area contributed by atoms with Crippen molar-refractivity contribution in [1.82, 2.24) is 0 Å². The molecule has 21 heavy (non-hydrogen) atoms. The Morgan fingerprint density at radius 1 is 1.19 bits per heavy atom. The number of carbonyl (C=O) groups is 1. The third kappa shape index (κ3) is 3.37. The summed E-state index contributed by atoms with van der Waals surface area (Å²) in [5.74, 6) is -2.30. The summed E-state index contributed by atoms with van der Waals surface area (Å²) in [6.45, 7) is 3.44. The Hall–Kier alpha value is -2.43. The second-order valence-electron chi connectivity index (χ2n) is 4.85. The van der Waals surface area contributed by atoms with Crippen molar-refractivity contribution in [2.75, 3.05) is 5.32 Å². The Kier molecular flexibility index (Phi) is 4.21. The fourth-order valence-corrected chi connectivity index (χ4v) is 2.17. The van der Waals surface area contributed by atoms with Crippen molar-refractivity contribution in [3.8, 4) is 0 Å². The molecule has 0 aliphatic carbocycles. The Morgan fingerprint density at radius 3 is 2.38 bits per heavy atom. The minimum Gasteiger partial charge on any atom is -0.478 e. The summed E-state index contributed by atoms with van der Waals surface area (Å²) in [5.41, 5.74) is 1.84. The minimum absolute atomic E-state index is 0.192. The Labute approximate surface area is 121 Å². The van der Waals surface area contributed by atoms with Crippen LogP contribution in [0.1, 0.15) is 34.5 Å². The fourth-order valence-electron chi connectivity index (χ4n) is 2.17. The van der Waals surface area contributed by atoms with Crippen LogP contribution in [0.4, 0.5) is 14.5 Å². The van der Waals surface area contributed by atoms with Crippen molar-refractivity contribution in [2.24, 2.45) is 0 Å². The van der Waals surface area contributed by atoms with Gasteiger partial charge >= 0.3 is 5.97 Å². The van der Waals surface area contributed by atoms with Crippen molar-refractivity contribution in [2.45, 2.75) is 19.9 Å². The van der Waals surface area contributed by atoms with Crippen LogP contribution in [0, 0.1) is 18.6 Å². The average Bonchev–Trinajstić information content (AvgIpc) is 2.39. The van der Waals surface area contributed by atoms with E-state index in [0.29, 0.717) is 16.8 Å². The normalized spacial score (nSPS) is 12.0. The summed E-state index contributed by atoms with van der Waals surface area (Å²) in [6, 6.07) is 7.81. The molecule has 0 aliphatic rings. The van der Waals surface area contributed by atoms with Crippen molar-refractivity contribution >= 4 is 11.7 Å². The highest BCUT2D eigenvalue weighted by atomic mass is 19.1. The van der Waals surface area contributed by atoms with Crippen LogP contribution in [0.3, 0.4) is 0 Å². The minimum atomic E-state index is -1.01. The molecule has 2 rings (SSSR count). The first-order valence-corrected chi connectivity index (χ1v) is 6.44. The SMILES string of the molecule is Cc1c(NC(C)c2cc(F)cc(F)c2)cccc1C(=O)O. The van der Waals surface area contributed by atoms with Crippen molar-refractivity contribution in [3.63, 3.8) is 0 Å². The standard InChI is InChI=1S/C16H15F2NO2/c1-9-14(16(20)21)4-3-5-15(9)19-10(2)11-6-12(17)8-13(18)7-11/h3-8,10,19H,1-2H3,(H,20,21). The molecule has 0 radical (unpaired) electrons. The zero-order valence-electron chi connectivity index (χ0n) is 11.7. The average molecular weight is 291 g/mol. The molecule has 0 saturated heterocycles. The van der Waals surface area contributed by atoms with Crippen LogP contribution >= 0.6 is 0 Å². The third-order valence-electron chi connectivity index (χ3n) is 3.32. The van der Waals surface area contributed by atoms with Gasteiger partial charge in [-0.05, 0) is 49.2 Å². The summed E-state index contributed by atoms with van der Waals surface area (Å²) in [7, 11) is 0. The highest BCUT2D eigenvalue weighted by Gasteiger charge is 2.13. The van der Waals surface area contributed by atoms with Crippen LogP contribution < -0.4 is 5.32 Å². The van der Waals surface area contributed by atoms with Crippen LogP contribution in [0.5, 0.6) is 0 Å². The molecule has 0 fully saturated rings. The first-order chi connectivity index (χ1) is 9.88. The van der Waals surface area contributed by atoms with E-state index in [1.165, 1.54) is 18.2 Å². The number of anilines is 1. The second-order valence-corrected chi connectivity index (χ2v) is 4.85. The number of aromatic carboxylic acids is 1. The van der Waals surface area contributed by atoms with Gasteiger partial charge in [0.2, 0.25) is 0 Å². The number of benzene rings is 2. The topological polar surface area (TPSA) is 49.3 Å². The lowest BCUT2D eigenvalue weighted by molar-refractivity contribution is 0.0696. The number of carboxylic acid groups (broad SMARTS) is 1. The zero-order chi connectivity index (χ0) is 15.6. The largest absolute Gasteiger partial charge is 0.478 e. The van der Waals surface area contributed by atoms with E-state index in [2.05, 4.69) is 5.32 Å². The fraction of sp³-hybridized carbons (Fsp3) is 0.188. The van der Waals surface area contributed by atoms with Crippen LogP contribution in [0.25, 0.3) is 0 Å². The van der Waals surface area contributed by atoms with Gasteiger partial charge < -0.3 is 10.4 Å². The highest BCUT2D eigenvalue weighted by Crippen LogP contribution is 2.25. The lowest BCUT2D eigenvalue weighted by Crippen LogP contribution is -2.10. The van der Waals surface area contributed by atoms with Crippen LogP contribution in [-0.2, 0) is 0 Å². The van der Waals surface area contributed by atoms with Gasteiger partial charge in [-0.2, -0.15) is 0 Å². The second kappa shape index (κ2) is 5.91. The van der Waals surface area contributed by atoms with E-state index in [1.54, 1.807) is 26.0 Å². The lowest BCUT2D eigenvalue weighted by Gasteiger charge is -2.18. The van der Waals surface area contributed by atoms with E-state index in [-0.39, 0.29) is 11.6 Å². The maximum atomic E-state index is 13.2. The van der Waals surface area contributed by atoms with Crippen molar-refractivity contribution in [3.05, 3.63) is 64.7 Å². The molecular formula is C16H15F2NO2. The molecular weight excluding hydrogens is 276 g/mol. The predicted octanol–water partition coefficient (Wildman–Crippen LogP) is 4.14. The van der Waals surface area contributed by atoms with E-state index < -0.39 is 17.6 Å². The number of halogens is 2. The molecule has 1 atom stereocenters. The molecule has 0 bridgehead atoms. The number of hydrogen-bond donors (Lipinski definition) is 2. The van der Waals surface area contributed by atoms with Gasteiger partial charge in [0.15, 0.2) is 0 Å². The summed E-state index contributed by atoms with van der Waals surface area (Å²) in [4.78, 5) is 11.1. The summed E-state index contributed by atoms with van der Waals surface area (Å²) in [6.07, 6.45) is 0. The molecule has 0 amide bonds. The van der Waals surface area contributed by atoms with Crippen molar-refractivity contribution in [1.29, 1.82) is 0 Å². The number of hydrogen-bond acceptors (Lipinski definition) is 2. The van der Waals surface area contributed by atoms with E-state index in [1.807, 2.05) is 0 Å². The number of rotatable bonds is 4. The molecule has 110 valence electrons. The first-order valence-electron chi connectivity index (χ1n) is 6.44. The molecule has 0 spiro atoms. The Morgan fingerprint density at radius 2 is 1.81 bits per heavy atom. The molecule has 0 heterocycles. The Bertz CT molecular complexity index is 666. The number of carboxylic acids is 1. The smallest absolute Gasteiger partial charge is 0.336 e. The highest BCUT2D eigenvalue weighted by molar-refractivity contribution is 5.91. The van der Waals surface area contributed by atoms with Gasteiger partial charge in [0.1, 0.15) is 11.6 Å². The van der Waals surface area contributed by atoms with Crippen LogP contribution in [-0.4, -0.2) is 11.1 Å². The van der Waals surface area contributed by atoms with Gasteiger partial charge in [0.05, 0.1) is 5.56 Å². The first kappa shape index (κ1) is 15.0. The summed E-state index contributed by atoms with van der Waals surface area (Å²) < 4.78 is 26.5. The number of nitrogens with one attached hydrogen (secondary N) is 1. The van der Waals surface area contributed by atoms with Gasteiger partial charge in [-0.15, -0.1) is 0 Å². The van der Waals surface area contributed by atoms with E-state index in [0.717, 1.165) is 6.07 Å². The van der Waals surface area contributed by atoms with Crippen molar-refractivity contribution < 1.29 is 18.7 Å². The van der Waals surface area contributed by atoms with E-state index in [9.17, 15) is 13.6 Å². The molecule has 2 aromatic carbocycles. The lowest BCUT2D eigenvalue weighted by atomic mass is 10.0. The molecule has 0 aromatic heterocycles. The molecule has 3 nitrogen and oxygen atoms in total. The van der Waals surface area contributed by atoms with E-state index >= 15 is 0 Å². The van der Waals surface area contributed by atoms with Crippen LogP contribution in [0.15, 0.2) is 36.4 Å². The molecule has 5 heteroatoms. The predicted molar refractivity (Wildman–Crippen MR) is 76.5 cm³/mol. The Balaban J connectivity index is 2.29. The molecule has 2 aromatic rings. The van der Waals surface area contributed by atoms with Gasteiger partial charge in [0, 0.05) is 17.8 Å². The van der Waals surface area contributed by atoms with Gasteiger partial charge in [-0.3, -0.25) is 0 Å². The molecule has 1 unspecified atom stereocenters. The quantitative estimate of drug-likeness (QED) is 0.890. The molecule has 0 saturated carbocycles. The summed E-state index contributed by atoms with van der Waals surface area (Å²) in [5, 5.41) is 12.2. The summed E-state index contributed by atoms with van der Waals surface area (Å²) >= 11 is 0. The van der Waals surface area contributed by atoms with Gasteiger partial charge in [-0.1, -0.05) is 6.07 Å².